The summed E-state index contributed by atoms with van der Waals surface area (Å²) in [5.41, 5.74) is 4.83. The predicted molar refractivity (Wildman–Crippen MR) is 119 cm³/mol. The van der Waals surface area contributed by atoms with Crippen molar-refractivity contribution in [3.05, 3.63) is 70.4 Å². The number of rotatable bonds is 5. The van der Waals surface area contributed by atoms with Crippen LogP contribution in [0, 0.1) is 6.92 Å². The van der Waals surface area contributed by atoms with E-state index in [9.17, 15) is 4.79 Å². The van der Waals surface area contributed by atoms with Crippen LogP contribution in [0.25, 0.3) is 10.9 Å². The van der Waals surface area contributed by atoms with Gasteiger partial charge in [-0.25, -0.2) is 9.78 Å². The van der Waals surface area contributed by atoms with Gasteiger partial charge < -0.3 is 14.5 Å². The van der Waals surface area contributed by atoms with E-state index in [0.717, 1.165) is 54.9 Å². The number of H-pyrrole nitrogens is 1. The van der Waals surface area contributed by atoms with Gasteiger partial charge in [0, 0.05) is 11.1 Å². The van der Waals surface area contributed by atoms with Crippen molar-refractivity contribution < 1.29 is 19.4 Å². The lowest BCUT2D eigenvalue weighted by Gasteiger charge is -2.34. The van der Waals surface area contributed by atoms with Crippen molar-refractivity contribution >= 4 is 34.2 Å². The van der Waals surface area contributed by atoms with Gasteiger partial charge >= 0.3 is 5.97 Å². The first-order chi connectivity index (χ1) is 14.6. The van der Waals surface area contributed by atoms with Crippen LogP contribution < -0.4 is 14.8 Å². The van der Waals surface area contributed by atoms with Crippen LogP contribution in [0.1, 0.15) is 28.4 Å². The molecule has 1 aromatic heterocycles. The second kappa shape index (κ2) is 9.02. The van der Waals surface area contributed by atoms with Crippen LogP contribution >= 0.6 is 11.6 Å². The van der Waals surface area contributed by atoms with Crippen LogP contribution in [0.5, 0.6) is 0 Å². The summed E-state index contributed by atoms with van der Waals surface area (Å²) >= 11 is 6.35. The number of carbonyl (C=O) groups is 1. The molecule has 1 fully saturated rings. The van der Waals surface area contributed by atoms with E-state index < -0.39 is 0 Å². The molecular weight excluding hydrogens is 398 g/mol. The number of nitrogens with one attached hydrogen (secondary N) is 2. The molecule has 6 heteroatoms. The lowest BCUT2D eigenvalue weighted by Crippen LogP contribution is -3.13. The summed E-state index contributed by atoms with van der Waals surface area (Å²) in [5, 5.41) is 1.72. The highest BCUT2D eigenvalue weighted by molar-refractivity contribution is 6.32. The molecule has 2 heterocycles. The minimum atomic E-state index is -0.294. The van der Waals surface area contributed by atoms with Gasteiger partial charge in [-0.2, -0.15) is 0 Å². The maximum atomic E-state index is 12.7. The van der Waals surface area contributed by atoms with Crippen molar-refractivity contribution in [1.82, 2.24) is 0 Å². The molecule has 0 aliphatic carbocycles. The third kappa shape index (κ3) is 4.13. The molecule has 2 N–H and O–H groups in total. The third-order valence-corrected chi connectivity index (χ3v) is 6.26. The molecule has 1 aliphatic rings. The van der Waals surface area contributed by atoms with Crippen molar-refractivity contribution in [2.45, 2.75) is 20.4 Å². The average molecular weight is 426 g/mol. The summed E-state index contributed by atoms with van der Waals surface area (Å²) < 4.78 is 5.35. The minimum Gasteiger partial charge on any atom is -0.462 e. The number of hydrogen-bond acceptors (Lipinski definition) is 3. The molecule has 30 heavy (non-hydrogen) atoms. The number of aromatic amines is 1. The maximum absolute atomic E-state index is 12.7. The number of piperazine rings is 1. The molecule has 5 nitrogen and oxygen atoms in total. The summed E-state index contributed by atoms with van der Waals surface area (Å²) in [6, 6.07) is 14.5. The molecule has 1 saturated heterocycles. The fourth-order valence-electron chi connectivity index (χ4n) is 4.24. The van der Waals surface area contributed by atoms with E-state index in [1.165, 1.54) is 5.56 Å². The molecule has 0 amide bonds. The zero-order valence-electron chi connectivity index (χ0n) is 17.5. The first-order valence-corrected chi connectivity index (χ1v) is 10.9. The van der Waals surface area contributed by atoms with Crippen molar-refractivity contribution in [2.75, 3.05) is 37.7 Å². The van der Waals surface area contributed by atoms with Crippen molar-refractivity contribution in [2.24, 2.45) is 0 Å². The van der Waals surface area contributed by atoms with Gasteiger partial charge in [-0.3, -0.25) is 0 Å². The normalized spacial score (nSPS) is 14.8. The van der Waals surface area contributed by atoms with Crippen molar-refractivity contribution in [3.63, 3.8) is 0 Å². The van der Waals surface area contributed by atoms with Crippen LogP contribution in [-0.2, 0) is 11.3 Å². The number of halogens is 1. The van der Waals surface area contributed by atoms with Crippen LogP contribution in [0.4, 0.5) is 5.69 Å². The second-order valence-corrected chi connectivity index (χ2v) is 8.17. The standard InChI is InChI=1S/C24H26ClN3O2/c1-3-30-24(29)20-15-26-22-17(2)21(25)10-9-19(22)23(20)28-13-11-27(12-14-28)16-18-7-5-4-6-8-18/h4-10,15H,3,11-14,16H2,1-2H3/p+2. The Kier molecular flexibility index (Phi) is 6.21. The molecule has 0 bridgehead atoms. The molecule has 2 aromatic carbocycles. The summed E-state index contributed by atoms with van der Waals surface area (Å²) in [4.78, 5) is 19.9. The van der Waals surface area contributed by atoms with Crippen molar-refractivity contribution in [1.29, 1.82) is 0 Å². The second-order valence-electron chi connectivity index (χ2n) is 7.77. The molecule has 3 aromatic rings. The molecule has 0 spiro atoms. The molecule has 0 saturated carbocycles. The van der Waals surface area contributed by atoms with Gasteiger partial charge in [0.1, 0.15) is 12.1 Å². The largest absolute Gasteiger partial charge is 0.462 e. The molecule has 4 rings (SSSR count). The zero-order valence-corrected chi connectivity index (χ0v) is 18.3. The van der Waals surface area contributed by atoms with E-state index in [-0.39, 0.29) is 5.97 Å². The first-order valence-electron chi connectivity index (χ1n) is 10.5. The molecule has 0 unspecified atom stereocenters. The third-order valence-electron chi connectivity index (χ3n) is 5.85. The number of aromatic nitrogens is 1. The number of hydrogen-bond donors (Lipinski definition) is 1. The molecule has 0 radical (unpaired) electrons. The van der Waals surface area contributed by atoms with Crippen LogP contribution in [-0.4, -0.2) is 38.8 Å². The number of nitrogens with zero attached hydrogens (tertiary/aromatic N) is 1. The first kappa shape index (κ1) is 20.6. The summed E-state index contributed by atoms with van der Waals surface area (Å²) in [7, 11) is 0. The Hall–Kier alpha value is -2.63. The number of aryl methyl sites for hydroxylation is 1. The highest BCUT2D eigenvalue weighted by Gasteiger charge is 2.29. The number of esters is 1. The van der Waals surface area contributed by atoms with E-state index in [1.807, 2.05) is 26.0 Å². The Bertz CT molecular complexity index is 1050. The number of quaternary nitrogens is 1. The van der Waals surface area contributed by atoms with Crippen LogP contribution in [0.2, 0.25) is 5.02 Å². The number of carbonyl (C=O) groups excluding carboxylic acids is 1. The summed E-state index contributed by atoms with van der Waals surface area (Å²) in [5.74, 6) is -0.294. The van der Waals surface area contributed by atoms with Gasteiger partial charge in [0.25, 0.3) is 0 Å². The molecular formula is C24H28ClN3O2+2. The number of pyridine rings is 1. The Morgan fingerprint density at radius 1 is 1.17 bits per heavy atom. The lowest BCUT2D eigenvalue weighted by molar-refractivity contribution is -0.914. The molecule has 1 aliphatic heterocycles. The summed E-state index contributed by atoms with van der Waals surface area (Å²) in [6.07, 6.45) is 1.77. The van der Waals surface area contributed by atoms with Gasteiger partial charge in [0.15, 0.2) is 6.20 Å². The zero-order chi connectivity index (χ0) is 21.1. The average Bonchev–Trinajstić information content (AvgIpc) is 2.77. The maximum Gasteiger partial charge on any atom is 0.346 e. The predicted octanol–water partition coefficient (Wildman–Crippen LogP) is 2.70. The fourth-order valence-corrected chi connectivity index (χ4v) is 4.40. The minimum absolute atomic E-state index is 0.294. The van der Waals surface area contributed by atoms with Gasteiger partial charge in [-0.05, 0) is 26.0 Å². The number of fused-ring (bicyclic) bond motifs is 1. The van der Waals surface area contributed by atoms with Crippen LogP contribution in [0.15, 0.2) is 48.7 Å². The highest BCUT2D eigenvalue weighted by Crippen LogP contribution is 2.32. The topological polar surface area (TPSA) is 48.1 Å². The number of anilines is 1. The van der Waals surface area contributed by atoms with Gasteiger partial charge in [0.05, 0.1) is 48.9 Å². The molecule has 156 valence electrons. The Labute approximate surface area is 182 Å². The Balaban J connectivity index is 1.64. The summed E-state index contributed by atoms with van der Waals surface area (Å²) in [6.45, 7) is 9.01. The van der Waals surface area contributed by atoms with Gasteiger partial charge in [-0.15, -0.1) is 0 Å². The van der Waals surface area contributed by atoms with Crippen molar-refractivity contribution in [3.8, 4) is 0 Å². The molecule has 0 atom stereocenters. The van der Waals surface area contributed by atoms with E-state index in [0.29, 0.717) is 17.2 Å². The Morgan fingerprint density at radius 2 is 1.90 bits per heavy atom. The van der Waals surface area contributed by atoms with Gasteiger partial charge in [0.2, 0.25) is 5.52 Å². The van der Waals surface area contributed by atoms with E-state index >= 15 is 0 Å². The quantitative estimate of drug-likeness (QED) is 0.639. The van der Waals surface area contributed by atoms with E-state index in [4.69, 9.17) is 16.3 Å². The highest BCUT2D eigenvalue weighted by atomic mass is 35.5. The fraction of sp³-hybridized carbons (Fsp3) is 0.333. The Morgan fingerprint density at radius 3 is 2.60 bits per heavy atom. The van der Waals surface area contributed by atoms with E-state index in [1.54, 1.807) is 11.1 Å². The van der Waals surface area contributed by atoms with Crippen LogP contribution in [0.3, 0.4) is 0 Å². The number of benzene rings is 2. The lowest BCUT2D eigenvalue weighted by atomic mass is 10.0. The number of ether oxygens (including phenoxy) is 1. The van der Waals surface area contributed by atoms with E-state index in [2.05, 4.69) is 40.2 Å². The monoisotopic (exact) mass is 425 g/mol. The van der Waals surface area contributed by atoms with Gasteiger partial charge in [-0.1, -0.05) is 41.9 Å². The SMILES string of the molecule is CCOC(=O)c1c[nH+]c2c(C)c(Cl)ccc2c1N1CC[NH+](Cc2ccccc2)CC1. The smallest absolute Gasteiger partial charge is 0.346 e.